The Bertz CT molecular complexity index is 494. The van der Waals surface area contributed by atoms with Crippen LogP contribution in [0.2, 0.25) is 0 Å². The minimum absolute atomic E-state index is 0.144. The molecule has 1 aliphatic heterocycles. The van der Waals surface area contributed by atoms with E-state index in [-0.39, 0.29) is 19.0 Å². The predicted molar refractivity (Wildman–Crippen MR) is 72.4 cm³/mol. The van der Waals surface area contributed by atoms with E-state index < -0.39 is 5.97 Å². The number of hydrogen-bond donors (Lipinski definition) is 2. The van der Waals surface area contributed by atoms with Gasteiger partial charge in [0.1, 0.15) is 0 Å². The molecular formula is C13H20N4O4. The number of urea groups is 1. The minimum Gasteiger partial charge on any atom is -0.481 e. The summed E-state index contributed by atoms with van der Waals surface area (Å²) in [5.41, 5.74) is 0. The lowest BCUT2D eigenvalue weighted by molar-refractivity contribution is -0.137. The SMILES string of the molecule is Cc1nc(CNC(=O)N2CCC(CCC(=O)O)CC2)no1. The molecule has 1 aromatic heterocycles. The molecule has 2 amide bonds. The number of carboxylic acid groups (broad SMARTS) is 1. The van der Waals surface area contributed by atoms with E-state index in [2.05, 4.69) is 15.5 Å². The number of rotatable bonds is 5. The summed E-state index contributed by atoms with van der Waals surface area (Å²) in [6, 6.07) is -0.144. The van der Waals surface area contributed by atoms with Crippen molar-refractivity contribution in [2.24, 2.45) is 5.92 Å². The highest BCUT2D eigenvalue weighted by Gasteiger charge is 2.23. The molecule has 1 fully saturated rings. The molecule has 2 heterocycles. The van der Waals surface area contributed by atoms with E-state index in [1.165, 1.54) is 0 Å². The van der Waals surface area contributed by atoms with E-state index in [9.17, 15) is 9.59 Å². The number of piperidine rings is 1. The van der Waals surface area contributed by atoms with E-state index in [4.69, 9.17) is 9.63 Å². The fourth-order valence-corrected chi connectivity index (χ4v) is 2.43. The summed E-state index contributed by atoms with van der Waals surface area (Å²) in [4.78, 5) is 28.3. The minimum atomic E-state index is -0.759. The van der Waals surface area contributed by atoms with Crippen LogP contribution >= 0.6 is 0 Å². The zero-order valence-corrected chi connectivity index (χ0v) is 12.0. The third kappa shape index (κ3) is 4.73. The first-order chi connectivity index (χ1) is 10.0. The van der Waals surface area contributed by atoms with E-state index in [1.807, 2.05) is 0 Å². The maximum Gasteiger partial charge on any atom is 0.317 e. The molecule has 1 aliphatic rings. The molecular weight excluding hydrogens is 276 g/mol. The number of carboxylic acids is 1. The third-order valence-corrected chi connectivity index (χ3v) is 3.64. The lowest BCUT2D eigenvalue weighted by Crippen LogP contribution is -2.44. The molecule has 1 saturated heterocycles. The Balaban J connectivity index is 1.69. The van der Waals surface area contributed by atoms with E-state index in [1.54, 1.807) is 11.8 Å². The van der Waals surface area contributed by atoms with Gasteiger partial charge in [-0.15, -0.1) is 0 Å². The first-order valence-corrected chi connectivity index (χ1v) is 7.08. The summed E-state index contributed by atoms with van der Waals surface area (Å²) >= 11 is 0. The smallest absolute Gasteiger partial charge is 0.317 e. The van der Waals surface area contributed by atoms with Crippen molar-refractivity contribution >= 4 is 12.0 Å². The van der Waals surface area contributed by atoms with Crippen molar-refractivity contribution in [2.45, 2.75) is 39.2 Å². The lowest BCUT2D eigenvalue weighted by atomic mass is 9.92. The van der Waals surface area contributed by atoms with Crippen molar-refractivity contribution in [3.05, 3.63) is 11.7 Å². The van der Waals surface area contributed by atoms with E-state index in [0.717, 1.165) is 12.8 Å². The van der Waals surface area contributed by atoms with Gasteiger partial charge in [0.15, 0.2) is 5.82 Å². The van der Waals surface area contributed by atoms with Crippen molar-refractivity contribution < 1.29 is 19.2 Å². The van der Waals surface area contributed by atoms with Crippen LogP contribution in [0.3, 0.4) is 0 Å². The number of likely N-dealkylation sites (tertiary alicyclic amines) is 1. The lowest BCUT2D eigenvalue weighted by Gasteiger charge is -2.31. The second kappa shape index (κ2) is 7.05. The monoisotopic (exact) mass is 296 g/mol. The Morgan fingerprint density at radius 3 is 2.71 bits per heavy atom. The molecule has 1 aromatic rings. The van der Waals surface area contributed by atoms with E-state index in [0.29, 0.717) is 37.1 Å². The predicted octanol–water partition coefficient (Wildman–Crippen LogP) is 1.16. The van der Waals surface area contributed by atoms with E-state index >= 15 is 0 Å². The van der Waals surface area contributed by atoms with Gasteiger partial charge in [-0.2, -0.15) is 4.98 Å². The number of nitrogens with zero attached hydrogens (tertiary/aromatic N) is 3. The highest BCUT2D eigenvalue weighted by molar-refractivity contribution is 5.74. The van der Waals surface area contributed by atoms with Gasteiger partial charge in [0.25, 0.3) is 0 Å². The summed E-state index contributed by atoms with van der Waals surface area (Å²) in [6.07, 6.45) is 2.59. The zero-order valence-electron chi connectivity index (χ0n) is 12.0. The molecule has 8 nitrogen and oxygen atoms in total. The van der Waals surface area contributed by atoms with Gasteiger partial charge in [0.2, 0.25) is 5.89 Å². The molecule has 8 heteroatoms. The molecule has 0 aliphatic carbocycles. The molecule has 21 heavy (non-hydrogen) atoms. The number of hydrogen-bond acceptors (Lipinski definition) is 5. The molecule has 0 saturated carbocycles. The highest BCUT2D eigenvalue weighted by Crippen LogP contribution is 2.21. The number of nitrogens with one attached hydrogen (secondary N) is 1. The number of amides is 2. The van der Waals surface area contributed by atoms with Crippen LogP contribution in [-0.4, -0.2) is 45.2 Å². The molecule has 0 atom stereocenters. The van der Waals surface area contributed by atoms with Crippen LogP contribution in [0.15, 0.2) is 4.52 Å². The number of carbonyl (C=O) groups is 2. The van der Waals surface area contributed by atoms with Crippen molar-refractivity contribution in [3.8, 4) is 0 Å². The summed E-state index contributed by atoms with van der Waals surface area (Å²) in [5, 5.41) is 15.1. The molecule has 2 rings (SSSR count). The molecule has 0 spiro atoms. The average molecular weight is 296 g/mol. The van der Waals surface area contributed by atoms with Gasteiger partial charge in [0.05, 0.1) is 6.54 Å². The van der Waals surface area contributed by atoms with Gasteiger partial charge in [0, 0.05) is 26.4 Å². The van der Waals surface area contributed by atoms with Gasteiger partial charge < -0.3 is 19.8 Å². The van der Waals surface area contributed by atoms with Crippen molar-refractivity contribution in [1.82, 2.24) is 20.4 Å². The molecule has 0 bridgehead atoms. The Kier molecular flexibility index (Phi) is 5.13. The van der Waals surface area contributed by atoms with Crippen LogP contribution in [0.25, 0.3) is 0 Å². The average Bonchev–Trinajstić information content (AvgIpc) is 2.89. The van der Waals surface area contributed by atoms with Gasteiger partial charge in [-0.05, 0) is 25.2 Å². The Hall–Kier alpha value is -2.12. The second-order valence-electron chi connectivity index (χ2n) is 5.25. The van der Waals surface area contributed by atoms with Crippen LogP contribution in [0.5, 0.6) is 0 Å². The fraction of sp³-hybridized carbons (Fsp3) is 0.692. The Morgan fingerprint density at radius 1 is 1.43 bits per heavy atom. The van der Waals surface area contributed by atoms with Gasteiger partial charge in [-0.1, -0.05) is 5.16 Å². The molecule has 0 aromatic carbocycles. The maximum absolute atomic E-state index is 12.0. The molecule has 116 valence electrons. The third-order valence-electron chi connectivity index (χ3n) is 3.64. The number of aromatic nitrogens is 2. The maximum atomic E-state index is 12.0. The normalized spacial score (nSPS) is 16.0. The van der Waals surface area contributed by atoms with Crippen LogP contribution in [0.4, 0.5) is 4.79 Å². The molecule has 0 unspecified atom stereocenters. The summed E-state index contributed by atoms with van der Waals surface area (Å²) in [6.45, 7) is 3.25. The quantitative estimate of drug-likeness (QED) is 0.844. The summed E-state index contributed by atoms with van der Waals surface area (Å²) < 4.78 is 4.83. The number of carbonyl (C=O) groups excluding carboxylic acids is 1. The number of aliphatic carboxylic acids is 1. The second-order valence-corrected chi connectivity index (χ2v) is 5.25. The van der Waals surface area contributed by atoms with Crippen LogP contribution in [0.1, 0.15) is 37.4 Å². The Labute approximate surface area is 122 Å². The standard InChI is InChI=1S/C13H20N4O4/c1-9-15-11(16-21-9)8-14-13(20)17-6-4-10(5-7-17)2-3-12(18)19/h10H,2-8H2,1H3,(H,14,20)(H,18,19). The van der Waals surface area contributed by atoms with Gasteiger partial charge in [-0.25, -0.2) is 4.79 Å². The summed E-state index contributed by atoms with van der Waals surface area (Å²) in [5.74, 6) is 0.561. The van der Waals surface area contributed by atoms with Crippen LogP contribution in [-0.2, 0) is 11.3 Å². The number of aryl methyl sites for hydroxylation is 1. The highest BCUT2D eigenvalue weighted by atomic mass is 16.5. The zero-order chi connectivity index (χ0) is 15.2. The first-order valence-electron chi connectivity index (χ1n) is 7.08. The fourth-order valence-electron chi connectivity index (χ4n) is 2.43. The topological polar surface area (TPSA) is 109 Å². The molecule has 2 N–H and O–H groups in total. The molecule has 0 radical (unpaired) electrons. The van der Waals surface area contributed by atoms with Gasteiger partial charge >= 0.3 is 12.0 Å². The van der Waals surface area contributed by atoms with Crippen molar-refractivity contribution in [1.29, 1.82) is 0 Å². The summed E-state index contributed by atoms with van der Waals surface area (Å²) in [7, 11) is 0. The Morgan fingerprint density at radius 2 is 2.14 bits per heavy atom. The van der Waals surface area contributed by atoms with Gasteiger partial charge in [-0.3, -0.25) is 4.79 Å². The largest absolute Gasteiger partial charge is 0.481 e. The van der Waals surface area contributed by atoms with Crippen LogP contribution in [0, 0.1) is 12.8 Å². The first kappa shape index (κ1) is 15.3. The van der Waals surface area contributed by atoms with Crippen LogP contribution < -0.4 is 5.32 Å². The van der Waals surface area contributed by atoms with Crippen molar-refractivity contribution in [3.63, 3.8) is 0 Å². The van der Waals surface area contributed by atoms with Crippen molar-refractivity contribution in [2.75, 3.05) is 13.1 Å².